The number of piperidine rings is 1. The van der Waals surface area contributed by atoms with Gasteiger partial charge in [0.1, 0.15) is 5.82 Å². The Morgan fingerprint density at radius 1 is 1.18 bits per heavy atom. The molecule has 3 heterocycles. The van der Waals surface area contributed by atoms with E-state index in [4.69, 9.17) is 20.2 Å². The van der Waals surface area contributed by atoms with Crippen LogP contribution in [0.25, 0.3) is 22.3 Å². The van der Waals surface area contributed by atoms with Crippen molar-refractivity contribution in [2.45, 2.75) is 57.5 Å². The van der Waals surface area contributed by atoms with Crippen LogP contribution >= 0.6 is 11.3 Å². The molecule has 1 fully saturated rings. The van der Waals surface area contributed by atoms with Crippen molar-refractivity contribution in [3.63, 3.8) is 0 Å². The average molecular weight is 562 g/mol. The molecule has 40 heavy (non-hydrogen) atoms. The number of thiazole rings is 1. The Labute approximate surface area is 240 Å². The molecule has 212 valence electrons. The zero-order valence-electron chi connectivity index (χ0n) is 23.4. The SMILES string of the molecule is CCOc1nc(-c2ccc(CC(N)CC(=O)N3CCCC(c4nc5ccccc5n4CCCOC)C3)cc2)cs1. The predicted molar refractivity (Wildman–Crippen MR) is 160 cm³/mol. The van der Waals surface area contributed by atoms with E-state index in [9.17, 15) is 4.79 Å². The van der Waals surface area contributed by atoms with Crippen LogP contribution in [-0.4, -0.2) is 64.8 Å². The normalized spacial score (nSPS) is 16.4. The minimum Gasteiger partial charge on any atom is -0.470 e. The zero-order chi connectivity index (χ0) is 27.9. The minimum atomic E-state index is -0.235. The summed E-state index contributed by atoms with van der Waals surface area (Å²) in [6, 6.07) is 16.3. The number of aromatic nitrogens is 3. The van der Waals surface area contributed by atoms with Crippen molar-refractivity contribution in [1.29, 1.82) is 0 Å². The third-order valence-corrected chi connectivity index (χ3v) is 8.24. The van der Waals surface area contributed by atoms with Crippen molar-refractivity contribution in [1.82, 2.24) is 19.4 Å². The molecule has 9 heteroatoms. The number of nitrogens with zero attached hydrogens (tertiary/aromatic N) is 4. The maximum absolute atomic E-state index is 13.3. The van der Waals surface area contributed by atoms with E-state index in [2.05, 4.69) is 52.0 Å². The van der Waals surface area contributed by atoms with Crippen LogP contribution in [0.2, 0.25) is 0 Å². The molecule has 2 aromatic carbocycles. The summed E-state index contributed by atoms with van der Waals surface area (Å²) in [5.41, 5.74) is 11.7. The second-order valence-electron chi connectivity index (χ2n) is 10.4. The zero-order valence-corrected chi connectivity index (χ0v) is 24.2. The number of likely N-dealkylation sites (tertiary alicyclic amines) is 1. The first-order chi connectivity index (χ1) is 19.6. The lowest BCUT2D eigenvalue weighted by molar-refractivity contribution is -0.132. The number of ether oxygens (including phenoxy) is 2. The Morgan fingerprint density at radius 3 is 2.80 bits per heavy atom. The predicted octanol–water partition coefficient (Wildman–Crippen LogP) is 5.26. The fraction of sp³-hybridized carbons (Fsp3) is 0.452. The quantitative estimate of drug-likeness (QED) is 0.237. The molecule has 8 nitrogen and oxygen atoms in total. The van der Waals surface area contributed by atoms with E-state index in [1.807, 2.05) is 23.3 Å². The third kappa shape index (κ3) is 6.71. The summed E-state index contributed by atoms with van der Waals surface area (Å²) < 4.78 is 13.1. The highest BCUT2D eigenvalue weighted by Gasteiger charge is 2.29. The maximum atomic E-state index is 13.3. The highest BCUT2D eigenvalue weighted by molar-refractivity contribution is 7.11. The van der Waals surface area contributed by atoms with E-state index in [1.54, 1.807) is 7.11 Å². The number of fused-ring (bicyclic) bond motifs is 1. The summed E-state index contributed by atoms with van der Waals surface area (Å²) in [5.74, 6) is 1.42. The van der Waals surface area contributed by atoms with Crippen LogP contribution in [0.15, 0.2) is 53.9 Å². The van der Waals surface area contributed by atoms with E-state index in [0.717, 1.165) is 66.0 Å². The lowest BCUT2D eigenvalue weighted by atomic mass is 9.95. The Balaban J connectivity index is 1.19. The summed E-state index contributed by atoms with van der Waals surface area (Å²) in [6.07, 6.45) is 3.91. The number of hydrogen-bond donors (Lipinski definition) is 1. The smallest absolute Gasteiger partial charge is 0.273 e. The van der Waals surface area contributed by atoms with Gasteiger partial charge < -0.3 is 24.7 Å². The number of carbonyl (C=O) groups is 1. The van der Waals surface area contributed by atoms with Crippen molar-refractivity contribution in [2.24, 2.45) is 5.73 Å². The number of amides is 1. The Bertz CT molecular complexity index is 1400. The van der Waals surface area contributed by atoms with E-state index in [0.29, 0.717) is 37.8 Å². The lowest BCUT2D eigenvalue weighted by Gasteiger charge is -2.33. The topological polar surface area (TPSA) is 95.5 Å². The van der Waals surface area contributed by atoms with Crippen molar-refractivity contribution in [3.05, 3.63) is 65.3 Å². The van der Waals surface area contributed by atoms with Crippen molar-refractivity contribution < 1.29 is 14.3 Å². The molecule has 0 saturated carbocycles. The van der Waals surface area contributed by atoms with Gasteiger partial charge in [0, 0.05) is 62.7 Å². The van der Waals surface area contributed by atoms with Crippen LogP contribution in [0.4, 0.5) is 0 Å². The molecule has 1 aliphatic heterocycles. The molecule has 2 aromatic heterocycles. The lowest BCUT2D eigenvalue weighted by Crippen LogP contribution is -2.42. The summed E-state index contributed by atoms with van der Waals surface area (Å²) in [6.45, 7) is 5.59. The van der Waals surface area contributed by atoms with Crippen LogP contribution in [0.1, 0.15) is 49.9 Å². The van der Waals surface area contributed by atoms with E-state index < -0.39 is 0 Å². The van der Waals surface area contributed by atoms with Crippen LogP contribution in [-0.2, 0) is 22.5 Å². The van der Waals surface area contributed by atoms with Gasteiger partial charge in [-0.1, -0.05) is 47.7 Å². The number of rotatable bonds is 12. The number of methoxy groups -OCH3 is 1. The molecule has 1 amide bonds. The number of nitrogens with two attached hydrogens (primary N) is 1. The number of benzene rings is 2. The monoisotopic (exact) mass is 561 g/mol. The summed E-state index contributed by atoms with van der Waals surface area (Å²) in [5, 5.41) is 2.69. The highest BCUT2D eigenvalue weighted by Crippen LogP contribution is 2.30. The third-order valence-electron chi connectivity index (χ3n) is 7.49. The number of para-hydroxylation sites is 2. The Morgan fingerprint density at radius 2 is 2.00 bits per heavy atom. The van der Waals surface area contributed by atoms with Crippen LogP contribution in [0.5, 0.6) is 5.19 Å². The van der Waals surface area contributed by atoms with Crippen molar-refractivity contribution in [3.8, 4) is 16.5 Å². The average Bonchev–Trinajstić information content (AvgIpc) is 3.59. The molecule has 0 aliphatic carbocycles. The summed E-state index contributed by atoms with van der Waals surface area (Å²) in [4.78, 5) is 24.9. The molecule has 2 atom stereocenters. The number of aryl methyl sites for hydroxylation is 1. The van der Waals surface area contributed by atoms with E-state index in [-0.39, 0.29) is 17.9 Å². The van der Waals surface area contributed by atoms with Gasteiger partial charge in [0.2, 0.25) is 5.91 Å². The van der Waals surface area contributed by atoms with Crippen LogP contribution < -0.4 is 10.5 Å². The van der Waals surface area contributed by atoms with Gasteiger partial charge >= 0.3 is 0 Å². The van der Waals surface area contributed by atoms with Gasteiger partial charge in [0.05, 0.1) is 23.3 Å². The first kappa shape index (κ1) is 28.3. The second kappa shape index (κ2) is 13.4. The van der Waals surface area contributed by atoms with Gasteiger partial charge in [0.15, 0.2) is 0 Å². The molecule has 0 spiro atoms. The highest BCUT2D eigenvalue weighted by atomic mass is 32.1. The van der Waals surface area contributed by atoms with Crippen molar-refractivity contribution in [2.75, 3.05) is 33.4 Å². The molecule has 2 N–H and O–H groups in total. The van der Waals surface area contributed by atoms with Gasteiger partial charge in [-0.15, -0.1) is 0 Å². The molecule has 0 bridgehead atoms. The second-order valence-corrected chi connectivity index (χ2v) is 11.3. The van der Waals surface area contributed by atoms with Gasteiger partial charge in [-0.05, 0) is 50.3 Å². The largest absolute Gasteiger partial charge is 0.470 e. The number of imidazole rings is 1. The number of carbonyl (C=O) groups excluding carboxylic acids is 1. The molecule has 2 unspecified atom stereocenters. The fourth-order valence-electron chi connectivity index (χ4n) is 5.54. The first-order valence-electron chi connectivity index (χ1n) is 14.2. The fourth-order valence-corrected chi connectivity index (χ4v) is 6.28. The number of hydrogen-bond acceptors (Lipinski definition) is 7. The van der Waals surface area contributed by atoms with Gasteiger partial charge in [0.25, 0.3) is 5.19 Å². The van der Waals surface area contributed by atoms with Crippen LogP contribution in [0.3, 0.4) is 0 Å². The molecule has 4 aromatic rings. The Kier molecular flexibility index (Phi) is 9.46. The summed E-state index contributed by atoms with van der Waals surface area (Å²) in [7, 11) is 1.73. The Hall–Kier alpha value is -3.27. The molecule has 1 aliphatic rings. The maximum Gasteiger partial charge on any atom is 0.273 e. The molecular formula is C31H39N5O3S. The minimum absolute atomic E-state index is 0.127. The molecule has 5 rings (SSSR count). The van der Waals surface area contributed by atoms with E-state index in [1.165, 1.54) is 11.3 Å². The molecule has 0 radical (unpaired) electrons. The van der Waals surface area contributed by atoms with Crippen molar-refractivity contribution >= 4 is 28.3 Å². The summed E-state index contributed by atoms with van der Waals surface area (Å²) >= 11 is 1.50. The van der Waals surface area contributed by atoms with E-state index >= 15 is 0 Å². The van der Waals surface area contributed by atoms with Crippen LogP contribution in [0, 0.1) is 0 Å². The van der Waals surface area contributed by atoms with Gasteiger partial charge in [-0.3, -0.25) is 4.79 Å². The van der Waals surface area contributed by atoms with Gasteiger partial charge in [-0.2, -0.15) is 0 Å². The first-order valence-corrected chi connectivity index (χ1v) is 15.1. The standard InChI is InChI=1S/C31H39N5O3S/c1-3-39-31-34-27(21-40-31)23-13-11-22(12-14-23)18-25(32)19-29(37)35-15-6-8-24(20-35)30-33-26-9-4-5-10-28(26)36(30)16-7-17-38-2/h4-5,9-14,21,24-25H,3,6-8,15-20,32H2,1-2H3. The molecular weight excluding hydrogens is 522 g/mol. The molecule has 1 saturated heterocycles. The van der Waals surface area contributed by atoms with Gasteiger partial charge in [-0.25, -0.2) is 9.97 Å².